The second-order valence-corrected chi connectivity index (χ2v) is 5.70. The van der Waals surface area contributed by atoms with E-state index in [9.17, 15) is 4.79 Å². The predicted octanol–water partition coefficient (Wildman–Crippen LogP) is 2.47. The highest BCUT2D eigenvalue weighted by molar-refractivity contribution is 9.10. The number of halogens is 1. The molecule has 0 radical (unpaired) electrons. The predicted molar refractivity (Wildman–Crippen MR) is 87.1 cm³/mol. The Morgan fingerprint density at radius 1 is 1.33 bits per heavy atom. The fourth-order valence-electron chi connectivity index (χ4n) is 2.08. The number of rotatable bonds is 6. The van der Waals surface area contributed by atoms with Crippen LogP contribution in [0.1, 0.15) is 18.2 Å². The first-order valence-electron chi connectivity index (χ1n) is 6.86. The summed E-state index contributed by atoms with van der Waals surface area (Å²) >= 11 is 3.36. The number of nitrogens with one attached hydrogen (secondary N) is 2. The number of anilines is 1. The van der Waals surface area contributed by atoms with Gasteiger partial charge in [-0.3, -0.25) is 9.48 Å². The molecule has 0 bridgehead atoms. The van der Waals surface area contributed by atoms with Gasteiger partial charge in [0.1, 0.15) is 0 Å². The van der Waals surface area contributed by atoms with E-state index in [0.717, 1.165) is 27.8 Å². The van der Waals surface area contributed by atoms with E-state index >= 15 is 0 Å². The Morgan fingerprint density at radius 2 is 2.05 bits per heavy atom. The van der Waals surface area contributed by atoms with Crippen molar-refractivity contribution in [1.82, 2.24) is 15.1 Å². The summed E-state index contributed by atoms with van der Waals surface area (Å²) in [6.45, 7) is 2.99. The van der Waals surface area contributed by atoms with Gasteiger partial charge in [0, 0.05) is 35.5 Å². The average molecular weight is 351 g/mol. The first kappa shape index (κ1) is 15.7. The monoisotopic (exact) mass is 350 g/mol. The normalized spacial score (nSPS) is 10.6. The third-order valence-electron chi connectivity index (χ3n) is 3.06. The molecule has 0 saturated heterocycles. The smallest absolute Gasteiger partial charge is 0.238 e. The fourth-order valence-corrected chi connectivity index (χ4v) is 2.34. The molecule has 0 fully saturated rings. The standard InChI is InChI=1S/C15H19BrN4O/c1-3-14-11(10-20(2)19-14)8-17-9-15(21)18-13-6-4-12(16)5-7-13/h4-7,10,17H,3,8-9H2,1-2H3,(H,18,21). The van der Waals surface area contributed by atoms with E-state index in [0.29, 0.717) is 6.54 Å². The molecule has 1 amide bonds. The molecule has 0 saturated carbocycles. The number of nitrogens with zero attached hydrogens (tertiary/aromatic N) is 2. The van der Waals surface area contributed by atoms with E-state index in [1.807, 2.05) is 37.5 Å². The molecule has 2 rings (SSSR count). The zero-order valence-electron chi connectivity index (χ0n) is 12.2. The van der Waals surface area contributed by atoms with Crippen LogP contribution in [0.3, 0.4) is 0 Å². The van der Waals surface area contributed by atoms with Gasteiger partial charge in [-0.1, -0.05) is 22.9 Å². The maximum absolute atomic E-state index is 11.8. The van der Waals surface area contributed by atoms with E-state index in [1.54, 1.807) is 4.68 Å². The highest BCUT2D eigenvalue weighted by atomic mass is 79.9. The lowest BCUT2D eigenvalue weighted by atomic mass is 10.2. The van der Waals surface area contributed by atoms with Crippen molar-refractivity contribution < 1.29 is 4.79 Å². The Labute approximate surface area is 132 Å². The minimum atomic E-state index is -0.0562. The molecule has 21 heavy (non-hydrogen) atoms. The Bertz CT molecular complexity index is 607. The first-order chi connectivity index (χ1) is 10.1. The van der Waals surface area contributed by atoms with Crippen LogP contribution in [0.15, 0.2) is 34.9 Å². The number of hydrogen-bond acceptors (Lipinski definition) is 3. The first-order valence-corrected chi connectivity index (χ1v) is 7.65. The summed E-state index contributed by atoms with van der Waals surface area (Å²) in [5.41, 5.74) is 3.00. The molecular weight excluding hydrogens is 332 g/mol. The molecule has 0 aliphatic rings. The van der Waals surface area contributed by atoms with Crippen LogP contribution in [-0.2, 0) is 24.8 Å². The molecule has 2 N–H and O–H groups in total. The molecule has 5 nitrogen and oxygen atoms in total. The second-order valence-electron chi connectivity index (χ2n) is 4.79. The summed E-state index contributed by atoms with van der Waals surface area (Å²) in [5.74, 6) is -0.0562. The lowest BCUT2D eigenvalue weighted by molar-refractivity contribution is -0.115. The molecule has 0 aliphatic heterocycles. The summed E-state index contributed by atoms with van der Waals surface area (Å²) in [4.78, 5) is 11.8. The van der Waals surface area contributed by atoms with Crippen molar-refractivity contribution in [2.24, 2.45) is 7.05 Å². The molecule has 1 heterocycles. The lowest BCUT2D eigenvalue weighted by Crippen LogP contribution is -2.27. The van der Waals surface area contributed by atoms with Crippen LogP contribution in [0, 0.1) is 0 Å². The summed E-state index contributed by atoms with van der Waals surface area (Å²) in [6.07, 6.45) is 2.88. The molecule has 2 aromatic rings. The Balaban J connectivity index is 1.80. The van der Waals surface area contributed by atoms with Crippen molar-refractivity contribution in [2.45, 2.75) is 19.9 Å². The number of carbonyl (C=O) groups is 1. The zero-order valence-corrected chi connectivity index (χ0v) is 13.8. The maximum Gasteiger partial charge on any atom is 0.238 e. The molecule has 1 aromatic carbocycles. The molecule has 1 aromatic heterocycles. The van der Waals surface area contributed by atoms with Gasteiger partial charge < -0.3 is 10.6 Å². The van der Waals surface area contributed by atoms with Crippen LogP contribution in [0.2, 0.25) is 0 Å². The zero-order chi connectivity index (χ0) is 15.2. The third-order valence-corrected chi connectivity index (χ3v) is 3.58. The molecule has 6 heteroatoms. The van der Waals surface area contributed by atoms with Crippen LogP contribution >= 0.6 is 15.9 Å². The molecule has 0 atom stereocenters. The van der Waals surface area contributed by atoms with E-state index in [-0.39, 0.29) is 12.5 Å². The number of carbonyl (C=O) groups excluding carboxylic acids is 1. The number of amides is 1. The fraction of sp³-hybridized carbons (Fsp3) is 0.333. The van der Waals surface area contributed by atoms with E-state index in [2.05, 4.69) is 38.6 Å². The molecule has 0 unspecified atom stereocenters. The van der Waals surface area contributed by atoms with Gasteiger partial charge in [-0.2, -0.15) is 5.10 Å². The van der Waals surface area contributed by atoms with Gasteiger partial charge in [-0.25, -0.2) is 0 Å². The lowest BCUT2D eigenvalue weighted by Gasteiger charge is -2.06. The minimum absolute atomic E-state index is 0.0562. The number of hydrogen-bond donors (Lipinski definition) is 2. The number of benzene rings is 1. The van der Waals surface area contributed by atoms with Gasteiger partial charge in [0.2, 0.25) is 5.91 Å². The van der Waals surface area contributed by atoms with Crippen molar-refractivity contribution >= 4 is 27.5 Å². The highest BCUT2D eigenvalue weighted by Gasteiger charge is 2.07. The summed E-state index contributed by atoms with van der Waals surface area (Å²) in [5, 5.41) is 10.4. The van der Waals surface area contributed by atoms with Gasteiger partial charge in [0.15, 0.2) is 0 Å². The van der Waals surface area contributed by atoms with E-state index in [1.165, 1.54) is 0 Å². The van der Waals surface area contributed by atoms with Crippen molar-refractivity contribution in [1.29, 1.82) is 0 Å². The van der Waals surface area contributed by atoms with Crippen molar-refractivity contribution in [2.75, 3.05) is 11.9 Å². The maximum atomic E-state index is 11.8. The van der Waals surface area contributed by atoms with Crippen LogP contribution < -0.4 is 10.6 Å². The van der Waals surface area contributed by atoms with Crippen molar-refractivity contribution in [3.05, 3.63) is 46.2 Å². The quantitative estimate of drug-likeness (QED) is 0.841. The van der Waals surface area contributed by atoms with Crippen molar-refractivity contribution in [3.63, 3.8) is 0 Å². The Morgan fingerprint density at radius 3 is 2.71 bits per heavy atom. The van der Waals surface area contributed by atoms with Gasteiger partial charge in [-0.15, -0.1) is 0 Å². The average Bonchev–Trinajstić information content (AvgIpc) is 2.81. The number of aromatic nitrogens is 2. The van der Waals surface area contributed by atoms with Gasteiger partial charge in [-0.05, 0) is 30.7 Å². The van der Waals surface area contributed by atoms with Gasteiger partial charge >= 0.3 is 0 Å². The highest BCUT2D eigenvalue weighted by Crippen LogP contribution is 2.13. The molecule has 112 valence electrons. The second kappa shape index (κ2) is 7.38. The summed E-state index contributed by atoms with van der Waals surface area (Å²) in [6, 6.07) is 7.51. The number of aryl methyl sites for hydroxylation is 2. The topological polar surface area (TPSA) is 59.0 Å². The van der Waals surface area contributed by atoms with Crippen LogP contribution in [-0.4, -0.2) is 22.2 Å². The van der Waals surface area contributed by atoms with Crippen LogP contribution in [0.25, 0.3) is 0 Å². The SMILES string of the molecule is CCc1nn(C)cc1CNCC(=O)Nc1ccc(Br)cc1. The largest absolute Gasteiger partial charge is 0.325 e. The van der Waals surface area contributed by atoms with Gasteiger partial charge in [0.25, 0.3) is 0 Å². The van der Waals surface area contributed by atoms with E-state index in [4.69, 9.17) is 0 Å². The van der Waals surface area contributed by atoms with Crippen LogP contribution in [0.4, 0.5) is 5.69 Å². The summed E-state index contributed by atoms with van der Waals surface area (Å²) < 4.78 is 2.79. The van der Waals surface area contributed by atoms with E-state index < -0.39 is 0 Å². The Hall–Kier alpha value is -1.66. The third kappa shape index (κ3) is 4.68. The molecular formula is C15H19BrN4O. The minimum Gasteiger partial charge on any atom is -0.325 e. The van der Waals surface area contributed by atoms with Crippen LogP contribution in [0.5, 0.6) is 0 Å². The Kier molecular flexibility index (Phi) is 5.52. The van der Waals surface area contributed by atoms with Gasteiger partial charge in [0.05, 0.1) is 12.2 Å². The molecule has 0 spiro atoms. The van der Waals surface area contributed by atoms with Crippen molar-refractivity contribution in [3.8, 4) is 0 Å². The summed E-state index contributed by atoms with van der Waals surface area (Å²) in [7, 11) is 1.91. The molecule has 0 aliphatic carbocycles.